The highest BCUT2D eigenvalue weighted by Crippen LogP contribution is 2.31. The van der Waals surface area contributed by atoms with E-state index in [1.807, 2.05) is 6.07 Å². The van der Waals surface area contributed by atoms with Crippen molar-refractivity contribution in [2.75, 3.05) is 40.0 Å². The lowest BCUT2D eigenvalue weighted by Gasteiger charge is -2.26. The number of hydrogen-bond donors (Lipinski definition) is 0. The molecule has 3 aromatic rings. The predicted molar refractivity (Wildman–Crippen MR) is 106 cm³/mol. The number of rotatable bonds is 6. The zero-order valence-corrected chi connectivity index (χ0v) is 16.4. The monoisotopic (exact) mass is 385 g/mol. The molecule has 6 nitrogen and oxygen atoms in total. The quantitative estimate of drug-likeness (QED) is 0.611. The number of pyridine rings is 1. The van der Waals surface area contributed by atoms with Gasteiger partial charge in [-0.15, -0.1) is 11.3 Å². The Hall–Kier alpha value is -2.22. The molecular weight excluding hydrogens is 362 g/mol. The summed E-state index contributed by atoms with van der Waals surface area (Å²) >= 11 is 1.54. The molecule has 1 aliphatic heterocycles. The molecule has 0 aliphatic carbocycles. The number of carbonyl (C=O) groups excluding carboxylic acids is 1. The van der Waals surface area contributed by atoms with Crippen LogP contribution in [-0.2, 0) is 11.3 Å². The van der Waals surface area contributed by atoms with Gasteiger partial charge in [-0.3, -0.25) is 9.69 Å². The van der Waals surface area contributed by atoms with Crippen molar-refractivity contribution in [1.82, 2.24) is 14.5 Å². The van der Waals surface area contributed by atoms with Gasteiger partial charge in [0.05, 0.1) is 30.8 Å². The summed E-state index contributed by atoms with van der Waals surface area (Å²) in [5, 5.41) is 1.12. The Bertz CT molecular complexity index is 957. The molecule has 0 bridgehead atoms. The van der Waals surface area contributed by atoms with Crippen molar-refractivity contribution in [2.45, 2.75) is 13.5 Å². The second kappa shape index (κ2) is 7.80. The average molecular weight is 385 g/mol. The summed E-state index contributed by atoms with van der Waals surface area (Å²) in [6.07, 6.45) is 1.63. The number of aromatic nitrogens is 2. The van der Waals surface area contributed by atoms with Crippen LogP contribution in [0.1, 0.15) is 20.9 Å². The Labute approximate surface area is 162 Å². The van der Waals surface area contributed by atoms with Gasteiger partial charge in [-0.05, 0) is 31.2 Å². The highest BCUT2D eigenvalue weighted by atomic mass is 32.1. The number of methoxy groups -OCH3 is 1. The van der Waals surface area contributed by atoms with E-state index in [4.69, 9.17) is 9.47 Å². The molecule has 0 N–H and O–H groups in total. The third-order valence-electron chi connectivity index (χ3n) is 4.95. The van der Waals surface area contributed by atoms with E-state index in [0.29, 0.717) is 16.3 Å². The molecule has 7 heteroatoms. The summed E-state index contributed by atoms with van der Waals surface area (Å²) < 4.78 is 13.0. The minimum absolute atomic E-state index is 0.0430. The maximum atomic E-state index is 13.0. The minimum Gasteiger partial charge on any atom is -0.480 e. The molecule has 1 fully saturated rings. The first-order valence-electron chi connectivity index (χ1n) is 9.11. The van der Waals surface area contributed by atoms with Crippen LogP contribution in [0.3, 0.4) is 0 Å². The molecule has 3 aromatic heterocycles. The standard InChI is InChI=1S/C20H23N3O3S/c1-14-12-15-13-17(18(24)16-4-3-5-21-19(16)25-2)27-20(15)23(14)7-6-22-8-10-26-11-9-22/h3-5,12-13H,6-11H2,1-2H3. The molecule has 0 unspecified atom stereocenters. The van der Waals surface area contributed by atoms with Crippen molar-refractivity contribution in [3.8, 4) is 5.88 Å². The largest absolute Gasteiger partial charge is 0.480 e. The highest BCUT2D eigenvalue weighted by molar-refractivity contribution is 7.20. The number of carbonyl (C=O) groups is 1. The van der Waals surface area contributed by atoms with Crippen LogP contribution in [0.15, 0.2) is 30.5 Å². The molecule has 1 saturated heterocycles. The van der Waals surface area contributed by atoms with Crippen molar-refractivity contribution in [2.24, 2.45) is 0 Å². The van der Waals surface area contributed by atoms with Gasteiger partial charge in [-0.1, -0.05) is 0 Å². The van der Waals surface area contributed by atoms with E-state index in [1.165, 1.54) is 12.8 Å². The number of morpholine rings is 1. The van der Waals surface area contributed by atoms with Crippen LogP contribution in [0.2, 0.25) is 0 Å². The molecule has 27 heavy (non-hydrogen) atoms. The van der Waals surface area contributed by atoms with Crippen LogP contribution in [0.5, 0.6) is 5.88 Å². The van der Waals surface area contributed by atoms with Crippen molar-refractivity contribution in [1.29, 1.82) is 0 Å². The first-order valence-corrected chi connectivity index (χ1v) is 9.92. The third kappa shape index (κ3) is 3.63. The minimum atomic E-state index is -0.0430. The van der Waals surface area contributed by atoms with Gasteiger partial charge >= 0.3 is 0 Å². The molecule has 0 amide bonds. The van der Waals surface area contributed by atoms with Crippen LogP contribution in [0, 0.1) is 6.92 Å². The number of fused-ring (bicyclic) bond motifs is 1. The fourth-order valence-corrected chi connectivity index (χ4v) is 4.67. The van der Waals surface area contributed by atoms with E-state index in [0.717, 1.165) is 49.6 Å². The topological polar surface area (TPSA) is 56.6 Å². The molecule has 142 valence electrons. The molecule has 4 rings (SSSR count). The summed E-state index contributed by atoms with van der Waals surface area (Å²) in [7, 11) is 1.53. The molecule has 0 radical (unpaired) electrons. The van der Waals surface area contributed by atoms with E-state index in [1.54, 1.807) is 29.7 Å². The molecule has 0 atom stereocenters. The van der Waals surface area contributed by atoms with Gasteiger partial charge in [0, 0.05) is 43.5 Å². The fourth-order valence-electron chi connectivity index (χ4n) is 3.49. The smallest absolute Gasteiger partial charge is 0.224 e. The summed E-state index contributed by atoms with van der Waals surface area (Å²) in [6.45, 7) is 7.62. The molecule has 0 aromatic carbocycles. The molecule has 0 saturated carbocycles. The van der Waals surface area contributed by atoms with Gasteiger partial charge in [0.25, 0.3) is 0 Å². The van der Waals surface area contributed by atoms with E-state index in [-0.39, 0.29) is 5.78 Å². The highest BCUT2D eigenvalue weighted by Gasteiger charge is 2.20. The second-order valence-corrected chi connectivity index (χ2v) is 7.68. The van der Waals surface area contributed by atoms with E-state index in [9.17, 15) is 4.79 Å². The number of nitrogens with zero attached hydrogens (tertiary/aromatic N) is 3. The van der Waals surface area contributed by atoms with Crippen LogP contribution < -0.4 is 4.74 Å². The zero-order valence-electron chi connectivity index (χ0n) is 15.6. The Kier molecular flexibility index (Phi) is 5.24. The summed E-state index contributed by atoms with van der Waals surface area (Å²) in [6, 6.07) is 7.65. The lowest BCUT2D eigenvalue weighted by molar-refractivity contribution is 0.0365. The van der Waals surface area contributed by atoms with Gasteiger partial charge in [-0.25, -0.2) is 4.98 Å². The number of aryl methyl sites for hydroxylation is 1. The van der Waals surface area contributed by atoms with Gasteiger partial charge in [0.2, 0.25) is 11.7 Å². The Morgan fingerprint density at radius 2 is 2.11 bits per heavy atom. The maximum Gasteiger partial charge on any atom is 0.224 e. The zero-order chi connectivity index (χ0) is 18.8. The van der Waals surface area contributed by atoms with Crippen LogP contribution >= 0.6 is 11.3 Å². The van der Waals surface area contributed by atoms with Gasteiger partial charge < -0.3 is 14.0 Å². The Morgan fingerprint density at radius 3 is 2.89 bits per heavy atom. The summed E-state index contributed by atoms with van der Waals surface area (Å²) in [5.41, 5.74) is 1.72. The van der Waals surface area contributed by atoms with Crippen molar-refractivity contribution in [3.05, 3.63) is 46.6 Å². The normalized spacial score (nSPS) is 15.3. The predicted octanol–water partition coefficient (Wildman–Crippen LogP) is 2.98. The van der Waals surface area contributed by atoms with E-state index >= 15 is 0 Å². The van der Waals surface area contributed by atoms with Crippen LogP contribution in [0.25, 0.3) is 10.2 Å². The molecular formula is C20H23N3O3S. The summed E-state index contributed by atoms with van der Waals surface area (Å²) in [5.74, 6) is 0.325. The van der Waals surface area contributed by atoms with Crippen LogP contribution in [-0.4, -0.2) is 60.2 Å². The van der Waals surface area contributed by atoms with E-state index in [2.05, 4.69) is 27.4 Å². The lowest BCUT2D eigenvalue weighted by atomic mass is 10.1. The first-order chi connectivity index (χ1) is 13.2. The maximum absolute atomic E-state index is 13.0. The van der Waals surface area contributed by atoms with Crippen molar-refractivity contribution in [3.63, 3.8) is 0 Å². The molecule has 1 aliphatic rings. The van der Waals surface area contributed by atoms with Gasteiger partial charge in [0.1, 0.15) is 4.83 Å². The molecule has 4 heterocycles. The first kappa shape index (κ1) is 18.2. The number of ketones is 1. The SMILES string of the molecule is COc1ncccc1C(=O)c1cc2cc(C)n(CCN3CCOCC3)c2s1. The second-order valence-electron chi connectivity index (χ2n) is 6.65. The summed E-state index contributed by atoms with van der Waals surface area (Å²) in [4.78, 5) is 21.4. The van der Waals surface area contributed by atoms with Crippen molar-refractivity contribution < 1.29 is 14.3 Å². The Balaban J connectivity index is 1.59. The van der Waals surface area contributed by atoms with Gasteiger partial charge in [0.15, 0.2) is 0 Å². The number of ether oxygens (including phenoxy) is 2. The number of thiophene rings is 1. The van der Waals surface area contributed by atoms with E-state index < -0.39 is 0 Å². The Morgan fingerprint density at radius 1 is 1.30 bits per heavy atom. The number of hydrogen-bond acceptors (Lipinski definition) is 6. The third-order valence-corrected chi connectivity index (χ3v) is 6.12. The average Bonchev–Trinajstić information content (AvgIpc) is 3.23. The van der Waals surface area contributed by atoms with Crippen molar-refractivity contribution >= 4 is 27.3 Å². The molecule has 0 spiro atoms. The van der Waals surface area contributed by atoms with Crippen LogP contribution in [0.4, 0.5) is 0 Å². The fraction of sp³-hybridized carbons (Fsp3) is 0.400. The van der Waals surface area contributed by atoms with Gasteiger partial charge in [-0.2, -0.15) is 0 Å². The lowest BCUT2D eigenvalue weighted by Crippen LogP contribution is -2.38.